The van der Waals surface area contributed by atoms with E-state index in [0.29, 0.717) is 0 Å². The monoisotopic (exact) mass is 773 g/mol. The van der Waals surface area contributed by atoms with Crippen LogP contribution in [-0.4, -0.2) is 20.1 Å². The average Bonchev–Trinajstić information content (AvgIpc) is 3.69. The van der Waals surface area contributed by atoms with Crippen LogP contribution in [-0.2, 0) is 15.6 Å². The third-order valence-corrected chi connectivity index (χ3v) is 62.8. The van der Waals surface area contributed by atoms with Crippen LogP contribution in [0.15, 0.2) is 96.1 Å². The molecule has 251 valence electrons. The van der Waals surface area contributed by atoms with Crippen molar-refractivity contribution in [3.05, 3.63) is 118 Å². The average molecular weight is 776 g/mol. The molecular formula is C42H49Cl2O2SiZr. The van der Waals surface area contributed by atoms with Crippen LogP contribution in [0.25, 0.3) is 34.4 Å². The van der Waals surface area contributed by atoms with Gasteiger partial charge in [-0.05, 0) is 0 Å². The standard InChI is InChI=1S/2C20H21O.C2H7Si.2ClH.Zr/c2*1-3-4-6-15-13-17-7-5-8-19(20(17)14-15)16-9-11-18(21-2)12-10-16;1-3-2;;;/h2*5,7-14H,3-4,6H2,1-2H3;3H,1-2H3;2*1H;/q;;;;;+2/p-2. The molecule has 2 nitrogen and oxygen atoms in total. The number of hydrogen-bond donors (Lipinski definition) is 0. The zero-order valence-electron chi connectivity index (χ0n) is 29.3. The number of methoxy groups -OCH3 is 2. The summed E-state index contributed by atoms with van der Waals surface area (Å²) in [6, 6.07) is 30.6. The van der Waals surface area contributed by atoms with Crippen molar-refractivity contribution in [3.8, 4) is 33.8 Å². The quantitative estimate of drug-likeness (QED) is 0.126. The predicted molar refractivity (Wildman–Crippen MR) is 208 cm³/mol. The van der Waals surface area contributed by atoms with Gasteiger partial charge in [0.1, 0.15) is 0 Å². The molecule has 6 heteroatoms. The van der Waals surface area contributed by atoms with Crippen molar-refractivity contribution in [1.29, 1.82) is 0 Å². The molecule has 0 fully saturated rings. The predicted octanol–water partition coefficient (Wildman–Crippen LogP) is 13.0. The molecule has 2 aliphatic rings. The van der Waals surface area contributed by atoms with E-state index in [2.05, 4.69) is 124 Å². The summed E-state index contributed by atoms with van der Waals surface area (Å²) in [5.74, 6) is 0.0723. The first kappa shape index (κ1) is 35.5. The van der Waals surface area contributed by atoms with Crippen LogP contribution in [0.2, 0.25) is 13.1 Å². The molecule has 4 aromatic carbocycles. The molecule has 0 aromatic heterocycles. The van der Waals surface area contributed by atoms with E-state index in [0.717, 1.165) is 50.0 Å². The fourth-order valence-electron chi connectivity index (χ4n) is 8.30. The summed E-state index contributed by atoms with van der Waals surface area (Å²) in [5.41, 5.74) is 13.1. The van der Waals surface area contributed by atoms with Gasteiger partial charge in [-0.1, -0.05) is 0 Å². The van der Waals surface area contributed by atoms with Gasteiger partial charge in [-0.2, -0.15) is 0 Å². The van der Waals surface area contributed by atoms with Gasteiger partial charge in [-0.3, -0.25) is 0 Å². The molecule has 0 radical (unpaired) electrons. The minimum absolute atomic E-state index is 0.0896. The van der Waals surface area contributed by atoms with Crippen molar-refractivity contribution in [2.45, 2.75) is 72.7 Å². The number of ether oxygens (including phenoxy) is 2. The Balaban J connectivity index is 1.57. The van der Waals surface area contributed by atoms with Gasteiger partial charge in [0.2, 0.25) is 0 Å². The summed E-state index contributed by atoms with van der Waals surface area (Å²) in [6.07, 6.45) is 11.6. The summed E-state index contributed by atoms with van der Waals surface area (Å²) in [7, 11) is 20.9. The van der Waals surface area contributed by atoms with E-state index in [1.165, 1.54) is 55.7 Å². The molecule has 2 unspecified atom stereocenters. The van der Waals surface area contributed by atoms with Crippen molar-refractivity contribution in [2.24, 2.45) is 0 Å². The van der Waals surface area contributed by atoms with Gasteiger partial charge < -0.3 is 0 Å². The van der Waals surface area contributed by atoms with E-state index in [4.69, 9.17) is 26.5 Å². The van der Waals surface area contributed by atoms with Gasteiger partial charge in [0.05, 0.1) is 0 Å². The van der Waals surface area contributed by atoms with Crippen LogP contribution in [0.5, 0.6) is 11.5 Å². The van der Waals surface area contributed by atoms with Crippen molar-refractivity contribution >= 4 is 35.1 Å². The maximum atomic E-state index is 8.74. The Morgan fingerprint density at radius 1 is 0.604 bits per heavy atom. The minimum atomic E-state index is -4.88. The molecule has 0 amide bonds. The molecular weight excluding hydrogens is 727 g/mol. The van der Waals surface area contributed by atoms with Gasteiger partial charge in [-0.25, -0.2) is 0 Å². The Labute approximate surface area is 297 Å². The maximum absolute atomic E-state index is 8.74. The van der Waals surface area contributed by atoms with Crippen molar-refractivity contribution < 1.29 is 25.0 Å². The van der Waals surface area contributed by atoms with Crippen LogP contribution in [0, 0.1) is 0 Å². The van der Waals surface area contributed by atoms with Crippen LogP contribution >= 0.6 is 17.0 Å². The van der Waals surface area contributed by atoms with E-state index in [1.807, 2.05) is 0 Å². The van der Waals surface area contributed by atoms with Crippen molar-refractivity contribution in [3.63, 3.8) is 0 Å². The molecule has 0 spiro atoms. The fraction of sp³-hybridized carbons (Fsp3) is 0.333. The van der Waals surface area contributed by atoms with Crippen molar-refractivity contribution in [2.75, 3.05) is 14.2 Å². The Hall–Kier alpha value is -2.36. The number of fused-ring (bicyclic) bond motifs is 2. The van der Waals surface area contributed by atoms with Crippen LogP contribution in [0.1, 0.15) is 81.9 Å². The van der Waals surface area contributed by atoms with Gasteiger partial charge in [0, 0.05) is 0 Å². The Bertz CT molecular complexity index is 1710. The first-order valence-electron chi connectivity index (χ1n) is 17.7. The molecule has 4 aromatic rings. The molecule has 0 bridgehead atoms. The summed E-state index contributed by atoms with van der Waals surface area (Å²) < 4.78 is 11.2. The number of unbranched alkanes of at least 4 members (excludes halogenated alkanes) is 2. The number of hydrogen-bond acceptors (Lipinski definition) is 2. The molecule has 0 heterocycles. The number of benzene rings is 4. The molecule has 0 N–H and O–H groups in total. The second-order valence-electron chi connectivity index (χ2n) is 14.0. The zero-order valence-corrected chi connectivity index (χ0v) is 34.4. The van der Waals surface area contributed by atoms with Gasteiger partial charge >= 0.3 is 299 Å². The normalized spacial score (nSPS) is 17.7. The third-order valence-electron chi connectivity index (χ3n) is 10.9. The van der Waals surface area contributed by atoms with Gasteiger partial charge in [-0.15, -0.1) is 0 Å². The van der Waals surface area contributed by atoms with E-state index in [1.54, 1.807) is 14.2 Å². The number of halogens is 2. The van der Waals surface area contributed by atoms with E-state index < -0.39 is 21.5 Å². The van der Waals surface area contributed by atoms with Gasteiger partial charge in [0.25, 0.3) is 0 Å². The summed E-state index contributed by atoms with van der Waals surface area (Å²) in [4.78, 5) is 0. The fourth-order valence-corrected chi connectivity index (χ4v) is 39.8. The van der Waals surface area contributed by atoms with Crippen molar-refractivity contribution in [1.82, 2.24) is 0 Å². The Morgan fingerprint density at radius 3 is 1.33 bits per heavy atom. The second-order valence-corrected chi connectivity index (χ2v) is 56.5. The molecule has 2 aliphatic carbocycles. The first-order valence-corrected chi connectivity index (χ1v) is 34.0. The molecule has 6 rings (SSSR count). The van der Waals surface area contributed by atoms with E-state index in [9.17, 15) is 0 Å². The number of allylic oxidation sites excluding steroid dienone is 2. The molecule has 0 saturated carbocycles. The van der Waals surface area contributed by atoms with Gasteiger partial charge in [0.15, 0.2) is 0 Å². The first-order chi connectivity index (χ1) is 23.2. The Morgan fingerprint density at radius 2 is 1.00 bits per heavy atom. The topological polar surface area (TPSA) is 18.5 Å². The van der Waals surface area contributed by atoms with Crippen LogP contribution in [0.3, 0.4) is 0 Å². The van der Waals surface area contributed by atoms with E-state index in [-0.39, 0.29) is 7.25 Å². The molecule has 48 heavy (non-hydrogen) atoms. The van der Waals surface area contributed by atoms with Crippen LogP contribution in [0.4, 0.5) is 0 Å². The summed E-state index contributed by atoms with van der Waals surface area (Å²) in [6.45, 7) is 9.48. The molecule has 0 aliphatic heterocycles. The third kappa shape index (κ3) is 6.14. The number of rotatable bonds is 13. The molecule has 0 saturated heterocycles. The molecule has 2 atom stereocenters. The van der Waals surface area contributed by atoms with E-state index >= 15 is 0 Å². The summed E-state index contributed by atoms with van der Waals surface area (Å²) >= 11 is -4.88. The Kier molecular flexibility index (Phi) is 10.7. The second kappa shape index (κ2) is 14.5. The zero-order chi connectivity index (χ0) is 34.1. The van der Waals surface area contributed by atoms with Crippen LogP contribution < -0.4 is 9.47 Å². The summed E-state index contributed by atoms with van der Waals surface area (Å²) in [5, 5.41) is 0. The SMILES string of the molecule is CCCCC1=Cc2c(-c3ccc(OC)cc3)cccc2[CH]1[Zr]([Cl])([Cl])([CH]1C(CCCC)=Cc2c(-c3ccc(OC)cc3)cccc21)[SiH](C)C.